The summed E-state index contributed by atoms with van der Waals surface area (Å²) in [5.74, 6) is 7.37. The predicted molar refractivity (Wildman–Crippen MR) is 90.4 cm³/mol. The summed E-state index contributed by atoms with van der Waals surface area (Å²) < 4.78 is 6.86. The van der Waals surface area contributed by atoms with E-state index in [1.54, 1.807) is 0 Å². The highest BCUT2D eigenvalue weighted by molar-refractivity contribution is 7.99. The van der Waals surface area contributed by atoms with Crippen LogP contribution in [0.3, 0.4) is 0 Å². The Hall–Kier alpha value is -2.28. The van der Waals surface area contributed by atoms with E-state index < -0.39 is 0 Å². The average Bonchev–Trinajstić information content (AvgIpc) is 3.16. The van der Waals surface area contributed by atoms with Gasteiger partial charge in [-0.25, -0.2) is 9.66 Å². The molecule has 0 aliphatic heterocycles. The van der Waals surface area contributed by atoms with E-state index >= 15 is 0 Å². The molecule has 0 aliphatic rings. The predicted octanol–water partition coefficient (Wildman–Crippen LogP) is 3.45. The van der Waals surface area contributed by atoms with Crippen LogP contribution in [0.15, 0.2) is 46.2 Å². The number of aryl methyl sites for hydroxylation is 1. The summed E-state index contributed by atoms with van der Waals surface area (Å²) >= 11 is 1.50. The summed E-state index contributed by atoms with van der Waals surface area (Å²) in [4.78, 5) is 9.01. The molecule has 0 aliphatic carbocycles. The SMILES string of the molecule is CCCc1noc(C(C)Sc2nc(-c3ccccc3)cn2N)n1. The number of hydrogen-bond donors (Lipinski definition) is 1. The highest BCUT2D eigenvalue weighted by Gasteiger charge is 2.19. The van der Waals surface area contributed by atoms with Crippen molar-refractivity contribution in [2.24, 2.45) is 0 Å². The van der Waals surface area contributed by atoms with Crippen molar-refractivity contribution >= 4 is 11.8 Å². The first kappa shape index (κ1) is 15.6. The molecule has 1 aromatic carbocycles. The minimum Gasteiger partial charge on any atom is -0.338 e. The number of nitrogens with zero attached hydrogens (tertiary/aromatic N) is 4. The summed E-state index contributed by atoms with van der Waals surface area (Å²) in [7, 11) is 0. The second-order valence-corrected chi connectivity index (χ2v) is 6.55. The van der Waals surface area contributed by atoms with Crippen LogP contribution in [0.25, 0.3) is 11.3 Å². The lowest BCUT2D eigenvalue weighted by Crippen LogP contribution is -2.08. The van der Waals surface area contributed by atoms with Crippen molar-refractivity contribution in [1.29, 1.82) is 0 Å². The molecule has 3 aromatic rings. The van der Waals surface area contributed by atoms with Crippen LogP contribution in [-0.2, 0) is 6.42 Å². The Kier molecular flexibility index (Phi) is 4.66. The Labute approximate surface area is 139 Å². The number of benzene rings is 1. The van der Waals surface area contributed by atoms with E-state index in [2.05, 4.69) is 22.0 Å². The van der Waals surface area contributed by atoms with Gasteiger partial charge in [-0.2, -0.15) is 4.98 Å². The third-order valence-electron chi connectivity index (χ3n) is 3.36. The van der Waals surface area contributed by atoms with Gasteiger partial charge < -0.3 is 10.4 Å². The van der Waals surface area contributed by atoms with Gasteiger partial charge in [0.15, 0.2) is 11.0 Å². The fraction of sp³-hybridized carbons (Fsp3) is 0.312. The van der Waals surface area contributed by atoms with Crippen LogP contribution in [0.2, 0.25) is 0 Å². The zero-order valence-electron chi connectivity index (χ0n) is 13.1. The van der Waals surface area contributed by atoms with Gasteiger partial charge in [0.2, 0.25) is 5.89 Å². The number of hydrogen-bond acceptors (Lipinski definition) is 6. The van der Waals surface area contributed by atoms with Crippen LogP contribution in [0.5, 0.6) is 0 Å². The maximum absolute atomic E-state index is 6.02. The minimum atomic E-state index is -0.0126. The van der Waals surface area contributed by atoms with E-state index in [0.29, 0.717) is 11.0 Å². The molecule has 0 spiro atoms. The lowest BCUT2D eigenvalue weighted by atomic mass is 10.2. The first-order chi connectivity index (χ1) is 11.2. The van der Waals surface area contributed by atoms with E-state index in [9.17, 15) is 0 Å². The molecule has 0 amide bonds. The van der Waals surface area contributed by atoms with Crippen molar-refractivity contribution in [2.45, 2.75) is 37.1 Å². The lowest BCUT2D eigenvalue weighted by molar-refractivity contribution is 0.374. The Morgan fingerprint density at radius 3 is 2.78 bits per heavy atom. The normalized spacial score (nSPS) is 12.4. The highest BCUT2D eigenvalue weighted by atomic mass is 32.2. The largest absolute Gasteiger partial charge is 0.338 e. The summed E-state index contributed by atoms with van der Waals surface area (Å²) in [6, 6.07) is 9.95. The topological polar surface area (TPSA) is 82.8 Å². The van der Waals surface area contributed by atoms with Gasteiger partial charge in [-0.05, 0) is 13.3 Å². The molecule has 0 saturated carbocycles. The van der Waals surface area contributed by atoms with Crippen LogP contribution >= 0.6 is 11.8 Å². The number of nitrogen functional groups attached to an aromatic ring is 1. The standard InChI is InChI=1S/C16H19N5OS/c1-3-7-14-19-15(22-20-14)11(2)23-16-18-13(10-21(16)17)12-8-5-4-6-9-12/h4-6,8-11H,3,7,17H2,1-2H3. The summed E-state index contributed by atoms with van der Waals surface area (Å²) in [5.41, 5.74) is 1.88. The molecule has 2 N–H and O–H groups in total. The van der Waals surface area contributed by atoms with E-state index in [0.717, 1.165) is 29.9 Å². The molecular formula is C16H19N5OS. The molecule has 6 nitrogen and oxygen atoms in total. The van der Waals surface area contributed by atoms with Gasteiger partial charge in [-0.1, -0.05) is 54.2 Å². The summed E-state index contributed by atoms with van der Waals surface area (Å²) in [6.45, 7) is 4.09. The number of imidazole rings is 1. The third-order valence-corrected chi connectivity index (χ3v) is 4.42. The molecule has 3 rings (SSSR count). The first-order valence-electron chi connectivity index (χ1n) is 7.56. The van der Waals surface area contributed by atoms with Crippen molar-refractivity contribution in [1.82, 2.24) is 19.8 Å². The number of rotatable bonds is 6. The first-order valence-corrected chi connectivity index (χ1v) is 8.44. The molecule has 0 radical (unpaired) electrons. The molecule has 23 heavy (non-hydrogen) atoms. The highest BCUT2D eigenvalue weighted by Crippen LogP contribution is 2.34. The van der Waals surface area contributed by atoms with Crippen molar-refractivity contribution < 1.29 is 4.52 Å². The van der Waals surface area contributed by atoms with Crippen LogP contribution in [0.1, 0.15) is 37.2 Å². The molecule has 0 saturated heterocycles. The summed E-state index contributed by atoms with van der Waals surface area (Å²) in [5, 5.41) is 4.69. The molecule has 0 fully saturated rings. The number of thioether (sulfide) groups is 1. The van der Waals surface area contributed by atoms with Gasteiger partial charge in [-0.3, -0.25) is 0 Å². The third kappa shape index (κ3) is 3.56. The number of nitrogens with two attached hydrogens (primary N) is 1. The van der Waals surface area contributed by atoms with Gasteiger partial charge in [0.05, 0.1) is 17.1 Å². The quantitative estimate of drug-likeness (QED) is 0.551. The minimum absolute atomic E-state index is 0.0126. The Morgan fingerprint density at radius 1 is 1.26 bits per heavy atom. The van der Waals surface area contributed by atoms with Crippen LogP contribution < -0.4 is 5.84 Å². The zero-order chi connectivity index (χ0) is 16.2. The van der Waals surface area contributed by atoms with Crippen molar-refractivity contribution in [3.63, 3.8) is 0 Å². The average molecular weight is 329 g/mol. The van der Waals surface area contributed by atoms with Crippen molar-refractivity contribution in [3.8, 4) is 11.3 Å². The summed E-state index contributed by atoms with van der Waals surface area (Å²) in [6.07, 6.45) is 3.64. The van der Waals surface area contributed by atoms with Gasteiger partial charge in [0.25, 0.3) is 0 Å². The molecule has 120 valence electrons. The molecule has 1 atom stereocenters. The van der Waals surface area contributed by atoms with Crippen LogP contribution in [0.4, 0.5) is 0 Å². The Bertz CT molecular complexity index is 768. The second-order valence-electron chi connectivity index (χ2n) is 5.24. The van der Waals surface area contributed by atoms with Gasteiger partial charge in [-0.15, -0.1) is 0 Å². The fourth-order valence-electron chi connectivity index (χ4n) is 2.18. The van der Waals surface area contributed by atoms with E-state index in [-0.39, 0.29) is 5.25 Å². The number of aromatic nitrogens is 4. The Morgan fingerprint density at radius 2 is 2.04 bits per heavy atom. The van der Waals surface area contributed by atoms with Crippen molar-refractivity contribution in [3.05, 3.63) is 48.2 Å². The fourth-order valence-corrected chi connectivity index (χ4v) is 3.02. The molecule has 7 heteroatoms. The molecule has 1 unspecified atom stereocenters. The zero-order valence-corrected chi connectivity index (χ0v) is 14.0. The monoisotopic (exact) mass is 329 g/mol. The smallest absolute Gasteiger partial charge is 0.239 e. The van der Waals surface area contributed by atoms with E-state index in [1.807, 2.05) is 43.5 Å². The van der Waals surface area contributed by atoms with Gasteiger partial charge in [0, 0.05) is 12.0 Å². The van der Waals surface area contributed by atoms with Gasteiger partial charge >= 0.3 is 0 Å². The second kappa shape index (κ2) is 6.87. The molecular weight excluding hydrogens is 310 g/mol. The molecule has 2 heterocycles. The van der Waals surface area contributed by atoms with E-state index in [1.165, 1.54) is 16.4 Å². The van der Waals surface area contributed by atoms with Crippen molar-refractivity contribution in [2.75, 3.05) is 5.84 Å². The Balaban J connectivity index is 1.75. The maximum atomic E-state index is 6.02. The lowest BCUT2D eigenvalue weighted by Gasteiger charge is -2.05. The van der Waals surface area contributed by atoms with Crippen LogP contribution in [0, 0.1) is 0 Å². The maximum Gasteiger partial charge on any atom is 0.239 e. The molecule has 2 aromatic heterocycles. The van der Waals surface area contributed by atoms with Crippen LogP contribution in [-0.4, -0.2) is 19.8 Å². The van der Waals surface area contributed by atoms with Gasteiger partial charge in [0.1, 0.15) is 0 Å². The van der Waals surface area contributed by atoms with E-state index in [4.69, 9.17) is 10.4 Å². The molecule has 0 bridgehead atoms.